The maximum atomic E-state index is 12.0. The van der Waals surface area contributed by atoms with Gasteiger partial charge in [0.2, 0.25) is 5.91 Å². The van der Waals surface area contributed by atoms with Gasteiger partial charge in [-0.25, -0.2) is 0 Å². The van der Waals surface area contributed by atoms with Crippen LogP contribution in [0.15, 0.2) is 16.8 Å². The molecule has 7 heteroatoms. The lowest BCUT2D eigenvalue weighted by Crippen LogP contribution is -2.46. The van der Waals surface area contributed by atoms with Gasteiger partial charge in [-0.15, -0.1) is 12.4 Å². The summed E-state index contributed by atoms with van der Waals surface area (Å²) in [6, 6.07) is 2.01. The third kappa shape index (κ3) is 5.59. The minimum atomic E-state index is -0.00459. The molecule has 2 rings (SSSR count). The molecule has 22 heavy (non-hydrogen) atoms. The Kier molecular flexibility index (Phi) is 8.45. The van der Waals surface area contributed by atoms with E-state index in [0.717, 1.165) is 44.5 Å². The summed E-state index contributed by atoms with van der Waals surface area (Å²) in [5.74, 6) is 0.225. The molecule has 2 N–H and O–H groups in total. The van der Waals surface area contributed by atoms with Crippen molar-refractivity contribution in [2.45, 2.75) is 31.7 Å². The molecular weight excluding hydrogens is 322 g/mol. The zero-order valence-corrected chi connectivity index (χ0v) is 14.5. The summed E-state index contributed by atoms with van der Waals surface area (Å²) < 4.78 is 0. The summed E-state index contributed by atoms with van der Waals surface area (Å²) in [7, 11) is 1.89. The topological polar surface area (TPSA) is 61.4 Å². The molecule has 0 radical (unpaired) electrons. The van der Waals surface area contributed by atoms with Crippen LogP contribution < -0.4 is 10.6 Å². The summed E-state index contributed by atoms with van der Waals surface area (Å²) in [6.07, 6.45) is 3.16. The van der Waals surface area contributed by atoms with Crippen molar-refractivity contribution in [3.63, 3.8) is 0 Å². The first-order valence-electron chi connectivity index (χ1n) is 7.46. The Labute approximate surface area is 141 Å². The summed E-state index contributed by atoms with van der Waals surface area (Å²) in [5, 5.41) is 9.86. The molecule has 0 aromatic carbocycles. The first kappa shape index (κ1) is 18.9. The first-order valence-corrected chi connectivity index (χ1v) is 8.40. The van der Waals surface area contributed by atoms with Crippen LogP contribution in [-0.4, -0.2) is 49.4 Å². The van der Waals surface area contributed by atoms with Gasteiger partial charge in [-0.05, 0) is 44.3 Å². The number of amides is 2. The van der Waals surface area contributed by atoms with Gasteiger partial charge in [0.1, 0.15) is 0 Å². The van der Waals surface area contributed by atoms with Crippen molar-refractivity contribution in [3.05, 3.63) is 22.4 Å². The number of carbonyl (C=O) groups excluding carboxylic acids is 2. The number of nitrogens with zero attached hydrogens (tertiary/aromatic N) is 1. The SMILES string of the molecule is CNCCCC(=O)N1CCC(NC(=O)c2ccsc2)CC1.Cl. The van der Waals surface area contributed by atoms with E-state index in [9.17, 15) is 9.59 Å². The summed E-state index contributed by atoms with van der Waals surface area (Å²) in [6.45, 7) is 2.36. The van der Waals surface area contributed by atoms with Gasteiger partial charge in [0, 0.05) is 36.5 Å². The molecule has 1 saturated heterocycles. The molecule has 1 aliphatic rings. The maximum absolute atomic E-state index is 12.0. The van der Waals surface area contributed by atoms with Crippen molar-refractivity contribution in [1.29, 1.82) is 0 Å². The fourth-order valence-electron chi connectivity index (χ4n) is 2.51. The van der Waals surface area contributed by atoms with Gasteiger partial charge in [0.15, 0.2) is 0 Å². The maximum Gasteiger partial charge on any atom is 0.252 e. The molecule has 0 aliphatic carbocycles. The molecule has 0 atom stereocenters. The molecule has 1 aromatic heterocycles. The van der Waals surface area contributed by atoms with Crippen molar-refractivity contribution in [1.82, 2.24) is 15.5 Å². The molecule has 0 spiro atoms. The fourth-order valence-corrected chi connectivity index (χ4v) is 3.15. The van der Waals surface area contributed by atoms with Crippen LogP contribution in [0.2, 0.25) is 0 Å². The minimum Gasteiger partial charge on any atom is -0.349 e. The molecule has 1 aliphatic heterocycles. The van der Waals surface area contributed by atoms with E-state index in [2.05, 4.69) is 10.6 Å². The van der Waals surface area contributed by atoms with E-state index in [1.165, 1.54) is 11.3 Å². The number of hydrogen-bond donors (Lipinski definition) is 2. The number of piperidine rings is 1. The lowest BCUT2D eigenvalue weighted by atomic mass is 10.0. The zero-order chi connectivity index (χ0) is 15.1. The van der Waals surface area contributed by atoms with Crippen LogP contribution >= 0.6 is 23.7 Å². The average molecular weight is 346 g/mol. The van der Waals surface area contributed by atoms with Crippen LogP contribution in [0.4, 0.5) is 0 Å². The number of hydrogen-bond acceptors (Lipinski definition) is 4. The average Bonchev–Trinajstić information content (AvgIpc) is 3.02. The molecule has 124 valence electrons. The molecule has 0 unspecified atom stereocenters. The van der Waals surface area contributed by atoms with Crippen molar-refractivity contribution in [3.8, 4) is 0 Å². The third-order valence-electron chi connectivity index (χ3n) is 3.78. The Morgan fingerprint density at radius 3 is 2.68 bits per heavy atom. The molecule has 1 fully saturated rings. The third-order valence-corrected chi connectivity index (χ3v) is 4.47. The number of likely N-dealkylation sites (tertiary alicyclic amines) is 1. The fraction of sp³-hybridized carbons (Fsp3) is 0.600. The van der Waals surface area contributed by atoms with Crippen molar-refractivity contribution in [2.24, 2.45) is 0 Å². The van der Waals surface area contributed by atoms with Gasteiger partial charge in [-0.2, -0.15) is 11.3 Å². The van der Waals surface area contributed by atoms with E-state index in [1.807, 2.05) is 28.8 Å². The van der Waals surface area contributed by atoms with E-state index >= 15 is 0 Å². The van der Waals surface area contributed by atoms with Gasteiger partial charge in [-0.1, -0.05) is 0 Å². The molecule has 2 heterocycles. The second-order valence-corrected chi connectivity index (χ2v) is 6.13. The van der Waals surface area contributed by atoms with Crippen LogP contribution in [0.3, 0.4) is 0 Å². The summed E-state index contributed by atoms with van der Waals surface area (Å²) in [4.78, 5) is 25.9. The number of carbonyl (C=O) groups is 2. The predicted octanol–water partition coefficient (Wildman–Crippen LogP) is 1.89. The molecule has 5 nitrogen and oxygen atoms in total. The normalized spacial score (nSPS) is 15.2. The largest absolute Gasteiger partial charge is 0.349 e. The van der Waals surface area contributed by atoms with Crippen LogP contribution in [-0.2, 0) is 4.79 Å². The summed E-state index contributed by atoms with van der Waals surface area (Å²) >= 11 is 1.52. The molecule has 0 bridgehead atoms. The highest BCUT2D eigenvalue weighted by molar-refractivity contribution is 7.08. The van der Waals surface area contributed by atoms with Crippen molar-refractivity contribution >= 4 is 35.6 Å². The van der Waals surface area contributed by atoms with Gasteiger partial charge in [-0.3, -0.25) is 9.59 Å². The second-order valence-electron chi connectivity index (χ2n) is 5.35. The number of nitrogens with one attached hydrogen (secondary N) is 2. The minimum absolute atomic E-state index is 0. The lowest BCUT2D eigenvalue weighted by molar-refractivity contribution is -0.132. The molecule has 0 saturated carbocycles. The van der Waals surface area contributed by atoms with E-state index in [0.29, 0.717) is 6.42 Å². The lowest BCUT2D eigenvalue weighted by Gasteiger charge is -2.32. The van der Waals surface area contributed by atoms with Crippen LogP contribution in [0.1, 0.15) is 36.0 Å². The molecule has 1 aromatic rings. The summed E-state index contributed by atoms with van der Waals surface area (Å²) in [5.41, 5.74) is 0.727. The van der Waals surface area contributed by atoms with E-state index in [1.54, 1.807) is 0 Å². The standard InChI is InChI=1S/C15H23N3O2S.ClH/c1-16-7-2-3-14(19)18-8-4-13(5-9-18)17-15(20)12-6-10-21-11-12;/h6,10-11,13,16H,2-5,7-9H2,1H3,(H,17,20);1H. The number of rotatable bonds is 6. The predicted molar refractivity (Wildman–Crippen MR) is 91.8 cm³/mol. The van der Waals surface area contributed by atoms with Gasteiger partial charge in [0.25, 0.3) is 5.91 Å². The Balaban J connectivity index is 0.00000242. The monoisotopic (exact) mass is 345 g/mol. The van der Waals surface area contributed by atoms with E-state index in [4.69, 9.17) is 0 Å². The highest BCUT2D eigenvalue weighted by atomic mass is 35.5. The number of thiophene rings is 1. The van der Waals surface area contributed by atoms with Crippen molar-refractivity contribution in [2.75, 3.05) is 26.7 Å². The van der Waals surface area contributed by atoms with Crippen molar-refractivity contribution < 1.29 is 9.59 Å². The van der Waals surface area contributed by atoms with Gasteiger partial charge in [0.05, 0.1) is 0 Å². The number of halogens is 1. The Morgan fingerprint density at radius 2 is 2.09 bits per heavy atom. The zero-order valence-electron chi connectivity index (χ0n) is 12.8. The Bertz CT molecular complexity index is 459. The molecule has 2 amide bonds. The highest BCUT2D eigenvalue weighted by Crippen LogP contribution is 2.13. The van der Waals surface area contributed by atoms with Crippen LogP contribution in [0.5, 0.6) is 0 Å². The van der Waals surface area contributed by atoms with Gasteiger partial charge >= 0.3 is 0 Å². The first-order chi connectivity index (χ1) is 10.2. The Hall–Kier alpha value is -1.11. The van der Waals surface area contributed by atoms with Gasteiger partial charge < -0.3 is 15.5 Å². The molecular formula is C15H24ClN3O2S. The Morgan fingerprint density at radius 1 is 1.36 bits per heavy atom. The highest BCUT2D eigenvalue weighted by Gasteiger charge is 2.23. The van der Waals surface area contributed by atoms with E-state index in [-0.39, 0.29) is 30.3 Å². The van der Waals surface area contributed by atoms with Crippen LogP contribution in [0, 0.1) is 0 Å². The smallest absolute Gasteiger partial charge is 0.252 e. The quantitative estimate of drug-likeness (QED) is 0.774. The second kappa shape index (κ2) is 9.82. The van der Waals surface area contributed by atoms with E-state index < -0.39 is 0 Å². The van der Waals surface area contributed by atoms with Crippen LogP contribution in [0.25, 0.3) is 0 Å².